The number of nitrogens with one attached hydrogen (secondary N) is 1. The van der Waals surface area contributed by atoms with Crippen LogP contribution in [0.2, 0.25) is 0 Å². The summed E-state index contributed by atoms with van der Waals surface area (Å²) in [7, 11) is 0. The molecule has 52 valence electrons. The third-order valence-electron chi connectivity index (χ3n) is 1.96. The molecule has 1 fully saturated rings. The summed E-state index contributed by atoms with van der Waals surface area (Å²) in [6.07, 6.45) is 8.71. The van der Waals surface area contributed by atoms with E-state index in [9.17, 15) is 0 Å². The molecule has 0 atom stereocenters. The van der Waals surface area contributed by atoms with Crippen LogP contribution in [0.4, 0.5) is 0 Å². The first-order chi connectivity index (χ1) is 4.43. The van der Waals surface area contributed by atoms with Crippen molar-refractivity contribution >= 4 is 0 Å². The molecule has 9 heavy (non-hydrogen) atoms. The minimum atomic E-state index is 0.733. The molecular weight excluding hydrogens is 110 g/mol. The highest BCUT2D eigenvalue weighted by Gasteiger charge is 2.09. The maximum atomic E-state index is 3.64. The molecule has 0 unspecified atom stereocenters. The average Bonchev–Trinajstić information content (AvgIpc) is 1.91. The van der Waals surface area contributed by atoms with Crippen molar-refractivity contribution in [3.05, 3.63) is 12.8 Å². The van der Waals surface area contributed by atoms with Gasteiger partial charge in [0, 0.05) is 6.04 Å². The van der Waals surface area contributed by atoms with Crippen molar-refractivity contribution in [2.75, 3.05) is 0 Å². The van der Waals surface area contributed by atoms with E-state index in [2.05, 4.69) is 11.9 Å². The molecular formula is C8H15N. The van der Waals surface area contributed by atoms with Crippen molar-refractivity contribution in [2.24, 2.45) is 0 Å². The second kappa shape index (κ2) is 3.54. The Kier molecular flexibility index (Phi) is 2.62. The predicted octanol–water partition coefficient (Wildman–Crippen LogP) is 2.05. The van der Waals surface area contributed by atoms with E-state index in [0.29, 0.717) is 0 Å². The maximum absolute atomic E-state index is 3.64. The van der Waals surface area contributed by atoms with Gasteiger partial charge >= 0.3 is 0 Å². The Hall–Kier alpha value is -0.460. The van der Waals surface area contributed by atoms with Crippen LogP contribution in [0.25, 0.3) is 0 Å². The fourth-order valence-electron chi connectivity index (χ4n) is 1.44. The van der Waals surface area contributed by atoms with E-state index in [1.165, 1.54) is 32.1 Å². The first-order valence-electron chi connectivity index (χ1n) is 3.80. The lowest BCUT2D eigenvalue weighted by Crippen LogP contribution is -2.25. The quantitative estimate of drug-likeness (QED) is 0.595. The third kappa shape index (κ3) is 2.08. The zero-order valence-electron chi connectivity index (χ0n) is 5.90. The summed E-state index contributed by atoms with van der Waals surface area (Å²) in [6, 6.07) is 0.733. The first-order valence-corrected chi connectivity index (χ1v) is 3.80. The molecule has 0 saturated heterocycles. The van der Waals surface area contributed by atoms with Gasteiger partial charge in [-0.1, -0.05) is 25.8 Å². The summed E-state index contributed by atoms with van der Waals surface area (Å²) in [5.74, 6) is 0. The van der Waals surface area contributed by atoms with Crippen LogP contribution in [0.15, 0.2) is 12.8 Å². The van der Waals surface area contributed by atoms with E-state index in [-0.39, 0.29) is 0 Å². The van der Waals surface area contributed by atoms with Crippen molar-refractivity contribution in [3.63, 3.8) is 0 Å². The van der Waals surface area contributed by atoms with Gasteiger partial charge in [0.05, 0.1) is 0 Å². The van der Waals surface area contributed by atoms with Crippen LogP contribution in [0.1, 0.15) is 32.1 Å². The van der Waals surface area contributed by atoms with Crippen LogP contribution in [0, 0.1) is 0 Å². The van der Waals surface area contributed by atoms with Gasteiger partial charge < -0.3 is 5.32 Å². The Balaban J connectivity index is 2.15. The topological polar surface area (TPSA) is 12.0 Å². The van der Waals surface area contributed by atoms with Crippen LogP contribution >= 0.6 is 0 Å². The first kappa shape index (κ1) is 6.66. The highest BCUT2D eigenvalue weighted by molar-refractivity contribution is 4.76. The zero-order valence-corrected chi connectivity index (χ0v) is 5.90. The van der Waals surface area contributed by atoms with Crippen LogP contribution < -0.4 is 5.32 Å². The van der Waals surface area contributed by atoms with Gasteiger partial charge in [-0.3, -0.25) is 0 Å². The average molecular weight is 125 g/mol. The van der Waals surface area contributed by atoms with Crippen molar-refractivity contribution in [3.8, 4) is 0 Å². The maximum Gasteiger partial charge on any atom is 0.0255 e. The smallest absolute Gasteiger partial charge is 0.0255 e. The van der Waals surface area contributed by atoms with Gasteiger partial charge in [0.1, 0.15) is 0 Å². The molecule has 0 radical (unpaired) electrons. The minimum absolute atomic E-state index is 0.733. The molecule has 1 aliphatic carbocycles. The Morgan fingerprint density at radius 1 is 1.22 bits per heavy atom. The molecule has 0 aromatic rings. The van der Waals surface area contributed by atoms with E-state index in [1.807, 2.05) is 6.20 Å². The predicted molar refractivity (Wildman–Crippen MR) is 40.2 cm³/mol. The standard InChI is InChI=1S/C8H15N/c1-2-9-8-6-4-3-5-7-8/h2,8-9H,1,3-7H2. The summed E-state index contributed by atoms with van der Waals surface area (Å²) >= 11 is 0. The summed E-state index contributed by atoms with van der Waals surface area (Å²) in [6.45, 7) is 3.64. The molecule has 1 heteroatoms. The monoisotopic (exact) mass is 125 g/mol. The second-order valence-corrected chi connectivity index (χ2v) is 2.71. The molecule has 1 nitrogen and oxygen atoms in total. The zero-order chi connectivity index (χ0) is 6.53. The van der Waals surface area contributed by atoms with Gasteiger partial charge in [-0.2, -0.15) is 0 Å². The highest BCUT2D eigenvalue weighted by atomic mass is 14.9. The minimum Gasteiger partial charge on any atom is -0.389 e. The summed E-state index contributed by atoms with van der Waals surface area (Å²) in [5, 5.41) is 3.25. The molecule has 0 aromatic carbocycles. The van der Waals surface area contributed by atoms with Crippen LogP contribution in [0.5, 0.6) is 0 Å². The van der Waals surface area contributed by atoms with Gasteiger partial charge in [0.15, 0.2) is 0 Å². The third-order valence-corrected chi connectivity index (χ3v) is 1.96. The van der Waals surface area contributed by atoms with E-state index < -0.39 is 0 Å². The molecule has 0 heterocycles. The molecule has 0 amide bonds. The summed E-state index contributed by atoms with van der Waals surface area (Å²) < 4.78 is 0. The lowest BCUT2D eigenvalue weighted by atomic mass is 9.96. The van der Waals surface area contributed by atoms with Crippen LogP contribution in [0.3, 0.4) is 0 Å². The lowest BCUT2D eigenvalue weighted by Gasteiger charge is -2.21. The molecule has 0 aliphatic heterocycles. The Morgan fingerprint density at radius 2 is 1.89 bits per heavy atom. The van der Waals surface area contributed by atoms with Gasteiger partial charge in [-0.25, -0.2) is 0 Å². The van der Waals surface area contributed by atoms with E-state index in [1.54, 1.807) is 0 Å². The second-order valence-electron chi connectivity index (χ2n) is 2.71. The fraction of sp³-hybridized carbons (Fsp3) is 0.750. The number of hydrogen-bond acceptors (Lipinski definition) is 1. The van der Waals surface area contributed by atoms with E-state index in [0.717, 1.165) is 6.04 Å². The molecule has 1 rings (SSSR count). The number of hydrogen-bond donors (Lipinski definition) is 1. The SMILES string of the molecule is C=CNC1CCCCC1. The Bertz CT molecular complexity index is 82.6. The summed E-state index contributed by atoms with van der Waals surface area (Å²) in [5.41, 5.74) is 0. The van der Waals surface area contributed by atoms with E-state index >= 15 is 0 Å². The van der Waals surface area contributed by atoms with Gasteiger partial charge in [-0.15, -0.1) is 0 Å². The normalized spacial score (nSPS) is 21.3. The fourth-order valence-corrected chi connectivity index (χ4v) is 1.44. The van der Waals surface area contributed by atoms with Crippen molar-refractivity contribution in [1.82, 2.24) is 5.32 Å². The molecule has 1 saturated carbocycles. The summed E-state index contributed by atoms with van der Waals surface area (Å²) in [4.78, 5) is 0. The molecule has 1 aliphatic rings. The van der Waals surface area contributed by atoms with Gasteiger partial charge in [0.25, 0.3) is 0 Å². The van der Waals surface area contributed by atoms with Crippen LogP contribution in [-0.2, 0) is 0 Å². The lowest BCUT2D eigenvalue weighted by molar-refractivity contribution is 0.404. The van der Waals surface area contributed by atoms with Crippen molar-refractivity contribution in [2.45, 2.75) is 38.1 Å². The Morgan fingerprint density at radius 3 is 2.44 bits per heavy atom. The van der Waals surface area contributed by atoms with Gasteiger partial charge in [-0.05, 0) is 19.0 Å². The molecule has 1 N–H and O–H groups in total. The number of rotatable bonds is 2. The molecule has 0 spiro atoms. The molecule has 0 bridgehead atoms. The highest BCUT2D eigenvalue weighted by Crippen LogP contribution is 2.16. The van der Waals surface area contributed by atoms with Crippen molar-refractivity contribution < 1.29 is 0 Å². The largest absolute Gasteiger partial charge is 0.389 e. The van der Waals surface area contributed by atoms with Gasteiger partial charge in [0.2, 0.25) is 0 Å². The van der Waals surface area contributed by atoms with Crippen molar-refractivity contribution in [1.29, 1.82) is 0 Å². The van der Waals surface area contributed by atoms with E-state index in [4.69, 9.17) is 0 Å². The molecule has 0 aromatic heterocycles. The Labute approximate surface area is 57.1 Å². The van der Waals surface area contributed by atoms with Crippen LogP contribution in [-0.4, -0.2) is 6.04 Å².